The van der Waals surface area contributed by atoms with Crippen molar-refractivity contribution in [1.29, 1.82) is 0 Å². The Balaban J connectivity index is 2.48. The van der Waals surface area contributed by atoms with E-state index in [1.54, 1.807) is 0 Å². The van der Waals surface area contributed by atoms with Gasteiger partial charge in [-0.05, 0) is 37.9 Å². The van der Waals surface area contributed by atoms with Gasteiger partial charge in [-0.15, -0.1) is 6.58 Å². The lowest BCUT2D eigenvalue weighted by Crippen LogP contribution is -2.52. The summed E-state index contributed by atoms with van der Waals surface area (Å²) in [6, 6.07) is 10.5. The molecule has 0 spiro atoms. The van der Waals surface area contributed by atoms with Gasteiger partial charge in [0.1, 0.15) is 6.29 Å². The number of aldehydes is 1. The van der Waals surface area contributed by atoms with Gasteiger partial charge in [0.2, 0.25) is 0 Å². The molecular formula is C18H25NO. The van der Waals surface area contributed by atoms with E-state index in [-0.39, 0.29) is 11.5 Å². The average Bonchev–Trinajstić information content (AvgIpc) is 2.53. The maximum atomic E-state index is 11.6. The molecule has 2 nitrogen and oxygen atoms in total. The fourth-order valence-electron chi connectivity index (χ4n) is 3.52. The standard InChI is InChI=1S/C18H25NO/c1-3-12-18(16(2)15-20,17-10-6-4-7-11-17)19-13-8-5-9-14-19/h3-4,6-7,10-11,15-16H,1,5,8-9,12-14H2,2H3. The molecule has 1 aromatic carbocycles. The molecule has 0 saturated carbocycles. The molecule has 2 unspecified atom stereocenters. The van der Waals surface area contributed by atoms with Crippen molar-refractivity contribution < 1.29 is 4.79 Å². The Morgan fingerprint density at radius 3 is 2.45 bits per heavy atom. The van der Waals surface area contributed by atoms with E-state index in [4.69, 9.17) is 0 Å². The number of rotatable bonds is 6. The van der Waals surface area contributed by atoms with Crippen LogP contribution >= 0.6 is 0 Å². The molecule has 0 aliphatic carbocycles. The van der Waals surface area contributed by atoms with E-state index in [9.17, 15) is 4.79 Å². The highest BCUT2D eigenvalue weighted by molar-refractivity contribution is 5.57. The first-order valence-electron chi connectivity index (χ1n) is 7.62. The van der Waals surface area contributed by atoms with E-state index >= 15 is 0 Å². The Bertz CT molecular complexity index is 436. The van der Waals surface area contributed by atoms with Crippen LogP contribution in [0.1, 0.15) is 38.2 Å². The third kappa shape index (κ3) is 2.71. The molecule has 1 aliphatic rings. The minimum atomic E-state index is -0.231. The number of piperidine rings is 1. The molecule has 1 aliphatic heterocycles. The first-order chi connectivity index (χ1) is 9.75. The van der Waals surface area contributed by atoms with Gasteiger partial charge in [0, 0.05) is 5.92 Å². The summed E-state index contributed by atoms with van der Waals surface area (Å²) in [5, 5.41) is 0. The van der Waals surface area contributed by atoms with Crippen LogP contribution in [0.5, 0.6) is 0 Å². The second kappa shape index (κ2) is 6.85. The normalized spacial score (nSPS) is 20.9. The molecular weight excluding hydrogens is 246 g/mol. The van der Waals surface area contributed by atoms with Crippen LogP contribution in [0.25, 0.3) is 0 Å². The monoisotopic (exact) mass is 271 g/mol. The molecule has 1 fully saturated rings. The number of hydrogen-bond acceptors (Lipinski definition) is 2. The molecule has 0 aromatic heterocycles. The molecule has 2 atom stereocenters. The van der Waals surface area contributed by atoms with Crippen molar-refractivity contribution in [3.63, 3.8) is 0 Å². The zero-order chi connectivity index (χ0) is 14.4. The number of likely N-dealkylation sites (tertiary alicyclic amines) is 1. The highest BCUT2D eigenvalue weighted by atomic mass is 16.1. The second-order valence-corrected chi connectivity index (χ2v) is 5.76. The maximum absolute atomic E-state index is 11.6. The van der Waals surface area contributed by atoms with Crippen LogP contribution in [0.3, 0.4) is 0 Å². The van der Waals surface area contributed by atoms with Gasteiger partial charge in [-0.2, -0.15) is 0 Å². The lowest BCUT2D eigenvalue weighted by molar-refractivity contribution is -0.116. The Morgan fingerprint density at radius 1 is 1.25 bits per heavy atom. The Labute approximate surface area is 122 Å². The van der Waals surface area contributed by atoms with Crippen molar-refractivity contribution in [1.82, 2.24) is 4.90 Å². The number of benzene rings is 1. The van der Waals surface area contributed by atoms with Gasteiger partial charge >= 0.3 is 0 Å². The summed E-state index contributed by atoms with van der Waals surface area (Å²) in [7, 11) is 0. The summed E-state index contributed by atoms with van der Waals surface area (Å²) in [6.07, 6.45) is 7.61. The van der Waals surface area contributed by atoms with Crippen molar-refractivity contribution in [2.75, 3.05) is 13.1 Å². The minimum Gasteiger partial charge on any atom is -0.303 e. The smallest absolute Gasteiger partial charge is 0.125 e. The second-order valence-electron chi connectivity index (χ2n) is 5.76. The number of carbonyl (C=O) groups is 1. The predicted molar refractivity (Wildman–Crippen MR) is 83.6 cm³/mol. The van der Waals surface area contributed by atoms with E-state index in [2.05, 4.69) is 35.7 Å². The summed E-state index contributed by atoms with van der Waals surface area (Å²) < 4.78 is 0. The van der Waals surface area contributed by atoms with Crippen molar-refractivity contribution in [2.24, 2.45) is 5.92 Å². The lowest BCUT2D eigenvalue weighted by Gasteiger charge is -2.48. The molecule has 2 rings (SSSR count). The third-order valence-corrected chi connectivity index (χ3v) is 4.61. The number of hydrogen-bond donors (Lipinski definition) is 0. The molecule has 0 amide bonds. The van der Waals surface area contributed by atoms with Crippen LogP contribution in [0.15, 0.2) is 43.0 Å². The van der Waals surface area contributed by atoms with Crippen LogP contribution in [0.4, 0.5) is 0 Å². The molecule has 1 saturated heterocycles. The third-order valence-electron chi connectivity index (χ3n) is 4.61. The van der Waals surface area contributed by atoms with Crippen LogP contribution in [0.2, 0.25) is 0 Å². The molecule has 2 heteroatoms. The average molecular weight is 271 g/mol. The van der Waals surface area contributed by atoms with E-state index in [0.29, 0.717) is 0 Å². The largest absolute Gasteiger partial charge is 0.303 e. The van der Waals surface area contributed by atoms with Crippen molar-refractivity contribution in [2.45, 2.75) is 38.1 Å². The molecule has 0 radical (unpaired) electrons. The molecule has 0 N–H and O–H groups in total. The molecule has 1 heterocycles. The van der Waals surface area contributed by atoms with Gasteiger partial charge in [0.05, 0.1) is 5.54 Å². The first kappa shape index (κ1) is 15.0. The number of nitrogens with zero attached hydrogens (tertiary/aromatic N) is 1. The predicted octanol–water partition coefficient (Wildman–Crippen LogP) is 3.78. The van der Waals surface area contributed by atoms with Crippen LogP contribution in [-0.2, 0) is 10.3 Å². The Morgan fingerprint density at radius 2 is 1.90 bits per heavy atom. The Hall–Kier alpha value is -1.41. The van der Waals surface area contributed by atoms with Gasteiger partial charge in [-0.25, -0.2) is 0 Å². The van der Waals surface area contributed by atoms with Crippen LogP contribution in [-0.4, -0.2) is 24.3 Å². The summed E-state index contributed by atoms with van der Waals surface area (Å²) in [5.74, 6) is -0.0407. The quantitative estimate of drug-likeness (QED) is 0.579. The van der Waals surface area contributed by atoms with Crippen LogP contribution < -0.4 is 0 Å². The SMILES string of the molecule is C=CCC(c1ccccc1)(C(C)C=O)N1CCCCC1. The van der Waals surface area contributed by atoms with Gasteiger partial charge in [0.25, 0.3) is 0 Å². The van der Waals surface area contributed by atoms with Crippen LogP contribution in [0, 0.1) is 5.92 Å². The molecule has 1 aromatic rings. The van der Waals surface area contributed by atoms with E-state index in [1.165, 1.54) is 24.8 Å². The molecule has 108 valence electrons. The van der Waals surface area contributed by atoms with Gasteiger partial charge in [0.15, 0.2) is 0 Å². The first-order valence-corrected chi connectivity index (χ1v) is 7.62. The fourth-order valence-corrected chi connectivity index (χ4v) is 3.52. The van der Waals surface area contributed by atoms with Gasteiger partial charge < -0.3 is 4.79 Å². The summed E-state index contributed by atoms with van der Waals surface area (Å²) >= 11 is 0. The summed E-state index contributed by atoms with van der Waals surface area (Å²) in [6.45, 7) is 8.12. The minimum absolute atomic E-state index is 0.0407. The zero-order valence-electron chi connectivity index (χ0n) is 12.4. The highest BCUT2D eigenvalue weighted by Gasteiger charge is 2.42. The van der Waals surface area contributed by atoms with Gasteiger partial charge in [-0.1, -0.05) is 49.8 Å². The van der Waals surface area contributed by atoms with E-state index < -0.39 is 0 Å². The fraction of sp³-hybridized carbons (Fsp3) is 0.500. The Kier molecular flexibility index (Phi) is 5.13. The number of carbonyl (C=O) groups excluding carboxylic acids is 1. The molecule has 0 bridgehead atoms. The highest BCUT2D eigenvalue weighted by Crippen LogP contribution is 2.40. The van der Waals surface area contributed by atoms with Crippen molar-refractivity contribution in [3.05, 3.63) is 48.6 Å². The van der Waals surface area contributed by atoms with Crippen molar-refractivity contribution in [3.8, 4) is 0 Å². The lowest BCUT2D eigenvalue weighted by atomic mass is 9.74. The zero-order valence-corrected chi connectivity index (χ0v) is 12.4. The molecule has 20 heavy (non-hydrogen) atoms. The summed E-state index contributed by atoms with van der Waals surface area (Å²) in [4.78, 5) is 14.1. The van der Waals surface area contributed by atoms with Gasteiger partial charge in [-0.3, -0.25) is 4.90 Å². The maximum Gasteiger partial charge on any atom is 0.125 e. The van der Waals surface area contributed by atoms with Crippen molar-refractivity contribution >= 4 is 6.29 Å². The summed E-state index contributed by atoms with van der Waals surface area (Å²) in [5.41, 5.74) is 1.01. The van der Waals surface area contributed by atoms with E-state index in [1.807, 2.05) is 19.1 Å². The van der Waals surface area contributed by atoms with E-state index in [0.717, 1.165) is 25.8 Å². The topological polar surface area (TPSA) is 20.3 Å².